The second-order valence-corrected chi connectivity index (χ2v) is 5.64. The first kappa shape index (κ1) is 22.1. The Hall–Kier alpha value is -1.95. The predicted molar refractivity (Wildman–Crippen MR) is 108 cm³/mol. The minimum atomic E-state index is 0.626. The quantitative estimate of drug-likeness (QED) is 0.320. The predicted octanol–water partition coefficient (Wildman–Crippen LogP) is 3.01. The van der Waals surface area contributed by atoms with Crippen LogP contribution in [0.1, 0.15) is 39.7 Å². The molecule has 0 aliphatic heterocycles. The van der Waals surface area contributed by atoms with E-state index in [4.69, 9.17) is 14.2 Å². The molecule has 6 heteroatoms. The topological polar surface area (TPSA) is 64.1 Å². The number of benzene rings is 1. The maximum Gasteiger partial charge on any atom is 0.191 e. The van der Waals surface area contributed by atoms with E-state index in [1.165, 1.54) is 5.56 Å². The van der Waals surface area contributed by atoms with Crippen molar-refractivity contribution in [2.24, 2.45) is 4.99 Å². The lowest BCUT2D eigenvalue weighted by Gasteiger charge is -2.14. The van der Waals surface area contributed by atoms with Crippen LogP contribution in [0.2, 0.25) is 0 Å². The molecule has 0 amide bonds. The summed E-state index contributed by atoms with van der Waals surface area (Å²) < 4.78 is 16.6. The molecule has 0 spiro atoms. The van der Waals surface area contributed by atoms with Crippen LogP contribution in [0.4, 0.5) is 0 Å². The van der Waals surface area contributed by atoms with Gasteiger partial charge in [0.05, 0.1) is 13.2 Å². The molecule has 0 aliphatic rings. The lowest BCUT2D eigenvalue weighted by Crippen LogP contribution is -2.38. The fourth-order valence-corrected chi connectivity index (χ4v) is 2.42. The van der Waals surface area contributed by atoms with Crippen molar-refractivity contribution < 1.29 is 14.2 Å². The number of hydrogen-bond acceptors (Lipinski definition) is 4. The molecule has 26 heavy (non-hydrogen) atoms. The first-order valence-corrected chi connectivity index (χ1v) is 9.73. The second kappa shape index (κ2) is 14.2. The van der Waals surface area contributed by atoms with Crippen molar-refractivity contribution in [2.45, 2.75) is 40.5 Å². The molecule has 0 heterocycles. The number of guanidine groups is 1. The highest BCUT2D eigenvalue weighted by Crippen LogP contribution is 2.28. The number of nitrogens with one attached hydrogen (secondary N) is 2. The average Bonchev–Trinajstić information content (AvgIpc) is 2.64. The van der Waals surface area contributed by atoms with E-state index in [0.717, 1.165) is 63.1 Å². The monoisotopic (exact) mass is 365 g/mol. The van der Waals surface area contributed by atoms with E-state index in [0.29, 0.717) is 13.2 Å². The normalized spacial score (nSPS) is 11.3. The third-order valence-corrected chi connectivity index (χ3v) is 3.58. The van der Waals surface area contributed by atoms with Gasteiger partial charge in [0.15, 0.2) is 17.5 Å². The van der Waals surface area contributed by atoms with Gasteiger partial charge in [-0.3, -0.25) is 4.99 Å². The highest BCUT2D eigenvalue weighted by molar-refractivity contribution is 5.79. The molecule has 2 N–H and O–H groups in total. The van der Waals surface area contributed by atoms with Gasteiger partial charge in [0.1, 0.15) is 0 Å². The molecule has 0 radical (unpaired) electrons. The molecule has 6 nitrogen and oxygen atoms in total. The number of nitrogens with zero attached hydrogens (tertiary/aromatic N) is 1. The molecular weight excluding hydrogens is 330 g/mol. The average molecular weight is 366 g/mol. The summed E-state index contributed by atoms with van der Waals surface area (Å²) >= 11 is 0. The van der Waals surface area contributed by atoms with E-state index >= 15 is 0 Å². The zero-order chi connectivity index (χ0) is 19.0. The van der Waals surface area contributed by atoms with Crippen molar-refractivity contribution >= 4 is 5.96 Å². The molecule has 0 unspecified atom stereocenters. The minimum Gasteiger partial charge on any atom is -0.490 e. The summed E-state index contributed by atoms with van der Waals surface area (Å²) in [6, 6.07) is 6.13. The van der Waals surface area contributed by atoms with Crippen molar-refractivity contribution in [1.29, 1.82) is 0 Å². The summed E-state index contributed by atoms with van der Waals surface area (Å²) in [4.78, 5) is 4.57. The van der Waals surface area contributed by atoms with Crippen LogP contribution in [0.15, 0.2) is 23.2 Å². The molecule has 0 saturated heterocycles. The summed E-state index contributed by atoms with van der Waals surface area (Å²) in [7, 11) is 0. The van der Waals surface area contributed by atoms with Crippen LogP contribution in [-0.4, -0.2) is 52.0 Å². The maximum atomic E-state index is 5.69. The summed E-state index contributed by atoms with van der Waals surface area (Å²) in [6.45, 7) is 13.2. The number of ether oxygens (including phenoxy) is 3. The van der Waals surface area contributed by atoms with E-state index in [2.05, 4.69) is 34.7 Å². The van der Waals surface area contributed by atoms with Crippen LogP contribution in [0.5, 0.6) is 11.5 Å². The van der Waals surface area contributed by atoms with Crippen LogP contribution in [0.3, 0.4) is 0 Å². The van der Waals surface area contributed by atoms with Gasteiger partial charge in [-0.25, -0.2) is 0 Å². The third kappa shape index (κ3) is 8.94. The Bertz CT molecular complexity index is 521. The zero-order valence-electron chi connectivity index (χ0n) is 16.8. The van der Waals surface area contributed by atoms with E-state index in [9.17, 15) is 0 Å². The number of aliphatic imine (C=N–C) groups is 1. The molecule has 0 fully saturated rings. The van der Waals surface area contributed by atoms with E-state index < -0.39 is 0 Å². The summed E-state index contributed by atoms with van der Waals surface area (Å²) in [6.07, 6.45) is 1.82. The third-order valence-electron chi connectivity index (χ3n) is 3.58. The molecule has 0 aromatic heterocycles. The van der Waals surface area contributed by atoms with Crippen LogP contribution in [-0.2, 0) is 11.2 Å². The molecule has 1 aromatic carbocycles. The molecule has 1 aromatic rings. The number of hydrogen-bond donors (Lipinski definition) is 2. The Morgan fingerprint density at radius 3 is 2.42 bits per heavy atom. The van der Waals surface area contributed by atoms with E-state index in [1.807, 2.05) is 26.8 Å². The van der Waals surface area contributed by atoms with E-state index in [1.54, 1.807) is 0 Å². The lowest BCUT2D eigenvalue weighted by molar-refractivity contribution is 0.146. The Morgan fingerprint density at radius 1 is 0.962 bits per heavy atom. The first-order chi connectivity index (χ1) is 12.7. The molecule has 0 aliphatic carbocycles. The van der Waals surface area contributed by atoms with Gasteiger partial charge in [-0.2, -0.15) is 0 Å². The Labute approximate surface area is 158 Å². The summed E-state index contributed by atoms with van der Waals surface area (Å²) in [5.41, 5.74) is 1.21. The van der Waals surface area contributed by atoms with Gasteiger partial charge in [-0.05, 0) is 58.2 Å². The van der Waals surface area contributed by atoms with E-state index in [-0.39, 0.29) is 0 Å². The Morgan fingerprint density at radius 2 is 1.73 bits per heavy atom. The fourth-order valence-electron chi connectivity index (χ4n) is 2.42. The van der Waals surface area contributed by atoms with Crippen LogP contribution >= 0.6 is 0 Å². The highest BCUT2D eigenvalue weighted by atomic mass is 16.5. The SMILES string of the molecule is CCNC(=NCCCOCC)NCCc1ccc(OCC)c(OCC)c1. The van der Waals surface area contributed by atoms with Crippen LogP contribution in [0, 0.1) is 0 Å². The highest BCUT2D eigenvalue weighted by Gasteiger charge is 2.06. The van der Waals surface area contributed by atoms with Gasteiger partial charge < -0.3 is 24.8 Å². The van der Waals surface area contributed by atoms with Gasteiger partial charge in [0, 0.05) is 32.8 Å². The second-order valence-electron chi connectivity index (χ2n) is 5.64. The lowest BCUT2D eigenvalue weighted by atomic mass is 10.1. The van der Waals surface area contributed by atoms with Crippen molar-refractivity contribution in [1.82, 2.24) is 10.6 Å². The Balaban J connectivity index is 2.52. The van der Waals surface area contributed by atoms with Gasteiger partial charge in [-0.15, -0.1) is 0 Å². The first-order valence-electron chi connectivity index (χ1n) is 9.73. The van der Waals surface area contributed by atoms with Gasteiger partial charge in [-0.1, -0.05) is 6.07 Å². The molecule has 148 valence electrons. The zero-order valence-corrected chi connectivity index (χ0v) is 16.8. The van der Waals surface area contributed by atoms with Crippen molar-refractivity contribution in [3.63, 3.8) is 0 Å². The summed E-state index contributed by atoms with van der Waals surface area (Å²) in [5, 5.41) is 6.65. The van der Waals surface area contributed by atoms with Crippen LogP contribution < -0.4 is 20.1 Å². The van der Waals surface area contributed by atoms with Crippen LogP contribution in [0.25, 0.3) is 0 Å². The molecule has 0 bridgehead atoms. The van der Waals surface area contributed by atoms with Gasteiger partial charge in [0.2, 0.25) is 0 Å². The molecule has 1 rings (SSSR count). The largest absolute Gasteiger partial charge is 0.490 e. The molecule has 0 saturated carbocycles. The molecular formula is C20H35N3O3. The number of rotatable bonds is 13. The molecule has 0 atom stereocenters. The van der Waals surface area contributed by atoms with Gasteiger partial charge in [0.25, 0.3) is 0 Å². The fraction of sp³-hybridized carbons (Fsp3) is 0.650. The van der Waals surface area contributed by atoms with Crippen molar-refractivity contribution in [3.8, 4) is 11.5 Å². The van der Waals surface area contributed by atoms with Crippen molar-refractivity contribution in [3.05, 3.63) is 23.8 Å². The standard InChI is InChI=1S/C20H35N3O3/c1-5-21-20(22-13-9-15-24-6-2)23-14-12-17-10-11-18(25-7-3)19(16-17)26-8-4/h10-11,16H,5-9,12-15H2,1-4H3,(H2,21,22,23). The minimum absolute atomic E-state index is 0.626. The Kier molecular flexibility index (Phi) is 12.1. The van der Waals surface area contributed by atoms with Crippen molar-refractivity contribution in [2.75, 3.05) is 46.1 Å². The summed E-state index contributed by atoms with van der Waals surface area (Å²) in [5.74, 6) is 2.46. The smallest absolute Gasteiger partial charge is 0.191 e. The van der Waals surface area contributed by atoms with Gasteiger partial charge >= 0.3 is 0 Å². The maximum absolute atomic E-state index is 5.69.